The van der Waals surface area contributed by atoms with Gasteiger partial charge in [0.15, 0.2) is 17.5 Å². The van der Waals surface area contributed by atoms with Crippen LogP contribution in [-0.4, -0.2) is 123 Å². The van der Waals surface area contributed by atoms with Gasteiger partial charge in [0.25, 0.3) is 35.4 Å². The number of aromatic nitrogens is 9. The molecule has 1 atom stereocenters. The quantitative estimate of drug-likeness (QED) is 0.0509. The molecule has 76 heavy (non-hydrogen) atoms. The fourth-order valence-corrected chi connectivity index (χ4v) is 6.63. The van der Waals surface area contributed by atoms with Gasteiger partial charge >= 0.3 is 49.3 Å². The topological polar surface area (TPSA) is 501 Å². The van der Waals surface area contributed by atoms with Gasteiger partial charge in [-0.05, 0) is 31.7 Å². The Morgan fingerprint density at radius 1 is 0.539 bits per heavy atom. The van der Waals surface area contributed by atoms with Crippen molar-refractivity contribution in [3.05, 3.63) is 138 Å². The molecule has 32 nitrogen and oxygen atoms in total. The van der Waals surface area contributed by atoms with E-state index in [4.69, 9.17) is 17.2 Å². The molecule has 0 spiro atoms. The van der Waals surface area contributed by atoms with Crippen LogP contribution in [0.3, 0.4) is 0 Å². The Kier molecular flexibility index (Phi) is 31.7. The first-order chi connectivity index (χ1) is 33.9. The molecular formula is C41H62ClN25O7Pt2-3. The van der Waals surface area contributed by atoms with Crippen molar-refractivity contribution in [3.8, 4) is 0 Å². The molecule has 1 unspecified atom stereocenters. The molecule has 0 saturated heterocycles. The Morgan fingerprint density at radius 3 is 1.37 bits per heavy atom. The Hall–Kier alpha value is -6.93. The van der Waals surface area contributed by atoms with E-state index in [1.54, 1.807) is 86.7 Å². The van der Waals surface area contributed by atoms with Gasteiger partial charge in [0.1, 0.15) is 17.1 Å². The largest absolute Gasteiger partial charge is 4.00 e. The molecule has 7 amide bonds. The van der Waals surface area contributed by atoms with Crippen LogP contribution in [0.5, 0.6) is 0 Å². The molecule has 6 heterocycles. The number of hydrogen-bond donors (Lipinski definition) is 9. The van der Waals surface area contributed by atoms with E-state index in [1.165, 1.54) is 70.4 Å². The number of aryl methyl sites for hydroxylation is 6. The summed E-state index contributed by atoms with van der Waals surface area (Å²) >= 11 is 1.61. The summed E-state index contributed by atoms with van der Waals surface area (Å²) < 4.78 is 8.88. The summed E-state index contributed by atoms with van der Waals surface area (Å²) in [6, 6.07) is 3.49. The number of nitrogens with two attached hydrogens (primary N) is 4. The number of anilines is 5. The van der Waals surface area contributed by atoms with Crippen molar-refractivity contribution in [1.29, 1.82) is 0 Å². The Bertz CT molecular complexity index is 2850. The van der Waals surface area contributed by atoms with Gasteiger partial charge in [0.2, 0.25) is 17.6 Å². The van der Waals surface area contributed by atoms with E-state index in [-0.39, 0.29) is 124 Å². The van der Waals surface area contributed by atoms with Crippen molar-refractivity contribution in [3.63, 3.8) is 0 Å². The molecule has 0 aliphatic rings. The Balaban J connectivity index is 0. The molecule has 6 aromatic rings. The number of carbonyl (C=O) groups is 7. The van der Waals surface area contributed by atoms with Gasteiger partial charge in [0.05, 0.1) is 23.1 Å². The Labute approximate surface area is 466 Å². The number of carbonyl (C=O) groups excluding carboxylic acids is 7. The number of imidazole rings is 3. The van der Waals surface area contributed by atoms with Crippen LogP contribution in [0.2, 0.25) is 0 Å². The van der Waals surface area contributed by atoms with Crippen LogP contribution < -0.4 is 47.9 Å². The Morgan fingerprint density at radius 2 is 0.961 bits per heavy atom. The van der Waals surface area contributed by atoms with E-state index in [2.05, 4.69) is 72.2 Å². The van der Waals surface area contributed by atoms with Gasteiger partial charge in [-0.3, -0.25) is 33.6 Å². The number of nitrogens with one attached hydrogen (secondary N) is 12. The molecule has 0 aliphatic carbocycles. The van der Waals surface area contributed by atoms with Gasteiger partial charge in [-0.2, -0.15) is 0 Å². The second-order valence-corrected chi connectivity index (χ2v) is 15.2. The number of amides is 7. The summed E-state index contributed by atoms with van der Waals surface area (Å²) in [7, 11) is 16.0. The van der Waals surface area contributed by atoms with Crippen molar-refractivity contribution in [1.82, 2.24) is 63.6 Å². The number of nitrogens with zero attached hydrogens (tertiary/aromatic N) is 9. The van der Waals surface area contributed by atoms with Crippen LogP contribution in [-0.2, 0) is 86.9 Å². The smallest absolute Gasteiger partial charge is 0.693 e. The van der Waals surface area contributed by atoms with Crippen molar-refractivity contribution in [2.75, 3.05) is 60.2 Å². The minimum Gasteiger partial charge on any atom is -0.693 e. The maximum atomic E-state index is 13.3. The predicted molar refractivity (Wildman–Crippen MR) is 281 cm³/mol. The number of rotatable bonds is 19. The average Bonchev–Trinajstić information content (AvgIpc) is 4.20. The fourth-order valence-electron chi connectivity index (χ4n) is 6.63. The van der Waals surface area contributed by atoms with Crippen LogP contribution in [0.15, 0.2) is 61.6 Å². The van der Waals surface area contributed by atoms with Crippen molar-refractivity contribution >= 4 is 79.5 Å². The third-order valence-electron chi connectivity index (χ3n) is 9.97. The molecule has 0 saturated carbocycles. The average molecular weight is 1440 g/mol. The summed E-state index contributed by atoms with van der Waals surface area (Å²) in [6.45, 7) is -0.288. The van der Waals surface area contributed by atoms with Gasteiger partial charge in [-0.15, -0.1) is 6.67 Å². The molecule has 6 rings (SSSR count). The zero-order valence-electron chi connectivity index (χ0n) is 42.1. The predicted octanol–water partition coefficient (Wildman–Crippen LogP) is 5.15. The van der Waals surface area contributed by atoms with Gasteiger partial charge < -0.3 is 117 Å². The summed E-state index contributed by atoms with van der Waals surface area (Å²) in [5.74, 6) is -3.55. The summed E-state index contributed by atoms with van der Waals surface area (Å²) in [6.07, 6.45) is 10.7. The van der Waals surface area contributed by atoms with Crippen molar-refractivity contribution in [2.45, 2.75) is 12.5 Å². The van der Waals surface area contributed by atoms with E-state index in [0.29, 0.717) is 18.0 Å². The number of hydrogen-bond acceptors (Lipinski definition) is 12. The maximum Gasteiger partial charge on any atom is 4.00 e. The molecule has 0 aliphatic heterocycles. The third kappa shape index (κ3) is 19.0. The SMILES string of the molecule is CNC[NH-].Cn1cc(NC(=O)c2cc(NC(=O)c3cc(NC(=O)C(CCNC(=O)c4nc(NC(=O)c5nc(NC(=O)c6nccn6C)cn5C)cn4C)NC[NH-])cn3C)cn2C)cc1C(=O)NC[NH-].[Cl][Pt].[NH2-].[NH2-].[NH2-].[NH2-].[Pt+4]. The van der Waals surface area contributed by atoms with Gasteiger partial charge in [0, 0.05) is 92.2 Å². The first-order valence-electron chi connectivity index (χ1n) is 21.0. The molecular weight excluding hydrogens is 1380 g/mol. The summed E-state index contributed by atoms with van der Waals surface area (Å²) in [5.41, 5.74) is 22.8. The van der Waals surface area contributed by atoms with Gasteiger partial charge in [-0.1, -0.05) is 13.3 Å². The zero-order valence-corrected chi connectivity index (χ0v) is 47.4. The van der Waals surface area contributed by atoms with Crippen LogP contribution in [0, 0.1) is 0 Å². The maximum absolute atomic E-state index is 13.3. The minimum absolute atomic E-state index is 0. The molecule has 0 aromatic carbocycles. The fraction of sp³-hybridized carbons (Fsp3) is 0.317. The second kappa shape index (κ2) is 33.9. The monoisotopic (exact) mass is 1440 g/mol. The van der Waals surface area contributed by atoms with Gasteiger partial charge in [-0.25, -0.2) is 15.0 Å². The van der Waals surface area contributed by atoms with E-state index in [9.17, 15) is 33.6 Å². The summed E-state index contributed by atoms with van der Waals surface area (Å²) in [5, 5.41) is 23.8. The van der Waals surface area contributed by atoms with Crippen LogP contribution in [0.4, 0.5) is 28.7 Å². The molecule has 6 aromatic heterocycles. The standard InChI is InChI=1S/C39H47N19O7.C2H7N2.ClH.4H2N.2Pt/c1-53-10-9-42-30(53)38(64)51-29-18-58(6)32(50-29)39(65)52-28-17-57(5)31(49-28)37(63)43-8-7-24(44-19-40)33(59)46-21-12-26(55(3)14-21)35(61)48-23-13-27(56(4)16-23)36(62)47-22-11-25(54(2)15-22)34(60)45-20-41;1-4-2-3;;;;;;;/h9-18,24,40-41,44H,7-8,19-20H2,1-6H3,(H,43,63)(H,45,60)(H,46,59)(H,47,62)(H,48,61)(H,51,64)(H,52,65);3-4H,2H2,1H3;1H;4*1H2;;/q-2;-1;;4*-1;+1;+4/p-1. The minimum atomic E-state index is -0.922. The third-order valence-corrected chi connectivity index (χ3v) is 9.97. The molecule has 20 N–H and O–H groups in total. The van der Waals surface area contributed by atoms with Crippen LogP contribution in [0.1, 0.15) is 69.7 Å². The van der Waals surface area contributed by atoms with E-state index in [1.807, 2.05) is 0 Å². The van der Waals surface area contributed by atoms with Crippen LogP contribution >= 0.6 is 9.42 Å². The van der Waals surface area contributed by atoms with E-state index >= 15 is 0 Å². The molecule has 0 bridgehead atoms. The first kappa shape index (κ1) is 71.1. The molecule has 0 fully saturated rings. The molecule has 423 valence electrons. The van der Waals surface area contributed by atoms with E-state index in [0.717, 1.165) is 0 Å². The second-order valence-electron chi connectivity index (χ2n) is 15.2. The summed E-state index contributed by atoms with van der Waals surface area (Å²) in [4.78, 5) is 103. The van der Waals surface area contributed by atoms with Crippen LogP contribution in [0.25, 0.3) is 41.8 Å². The molecule has 35 heteroatoms. The normalized spacial score (nSPS) is 10.3. The zero-order chi connectivity index (χ0) is 52.5. The molecule has 0 radical (unpaired) electrons. The van der Waals surface area contributed by atoms with Crippen molar-refractivity contribution < 1.29 is 73.4 Å². The number of halogens is 1. The van der Waals surface area contributed by atoms with E-state index < -0.39 is 47.4 Å². The van der Waals surface area contributed by atoms with Crippen molar-refractivity contribution in [2.24, 2.45) is 42.3 Å². The first-order valence-corrected chi connectivity index (χ1v) is 23.8.